The monoisotopic (exact) mass is 277 g/mol. The second kappa shape index (κ2) is 5.13. The number of nitrogens with one attached hydrogen (secondary N) is 1. The van der Waals surface area contributed by atoms with Crippen LogP contribution in [0.5, 0.6) is 0 Å². The van der Waals surface area contributed by atoms with Crippen molar-refractivity contribution in [2.45, 2.75) is 32.1 Å². The Bertz CT molecular complexity index is 624. The van der Waals surface area contributed by atoms with Crippen molar-refractivity contribution in [3.8, 4) is 0 Å². The number of fused-ring (bicyclic) bond motifs is 3. The van der Waals surface area contributed by atoms with Gasteiger partial charge in [0.05, 0.1) is 5.39 Å². The summed E-state index contributed by atoms with van der Waals surface area (Å²) in [6.45, 7) is 0.628. The Morgan fingerprint density at radius 3 is 3.16 bits per heavy atom. The molecule has 2 aromatic heterocycles. The van der Waals surface area contributed by atoms with E-state index in [0.717, 1.165) is 28.9 Å². The smallest absolute Gasteiger partial charge is 0.303 e. The third-order valence-corrected chi connectivity index (χ3v) is 4.56. The number of nitrogens with zero attached hydrogens (tertiary/aromatic N) is 2. The van der Waals surface area contributed by atoms with Crippen molar-refractivity contribution in [3.63, 3.8) is 0 Å². The Labute approximate surface area is 114 Å². The van der Waals surface area contributed by atoms with E-state index in [1.165, 1.54) is 16.9 Å². The molecular weight excluding hydrogens is 262 g/mol. The molecule has 0 saturated carbocycles. The molecule has 0 saturated heterocycles. The molecule has 2 heterocycles. The van der Waals surface area contributed by atoms with Crippen LogP contribution in [-0.2, 0) is 17.6 Å². The van der Waals surface area contributed by atoms with Gasteiger partial charge >= 0.3 is 5.97 Å². The number of aryl methyl sites for hydroxylation is 2. The highest BCUT2D eigenvalue weighted by Gasteiger charge is 2.20. The van der Waals surface area contributed by atoms with E-state index in [1.54, 1.807) is 17.7 Å². The zero-order valence-corrected chi connectivity index (χ0v) is 11.3. The van der Waals surface area contributed by atoms with Crippen LogP contribution in [0.1, 0.15) is 29.7 Å². The molecule has 0 atom stereocenters. The average Bonchev–Trinajstić information content (AvgIpc) is 2.94. The van der Waals surface area contributed by atoms with Gasteiger partial charge in [-0.15, -0.1) is 11.3 Å². The zero-order valence-electron chi connectivity index (χ0n) is 10.5. The highest BCUT2D eigenvalue weighted by molar-refractivity contribution is 7.19. The van der Waals surface area contributed by atoms with Crippen molar-refractivity contribution in [2.75, 3.05) is 11.9 Å². The lowest BCUT2D eigenvalue weighted by molar-refractivity contribution is -0.137. The average molecular weight is 277 g/mol. The summed E-state index contributed by atoms with van der Waals surface area (Å²) in [7, 11) is 0. The lowest BCUT2D eigenvalue weighted by atomic mass is 10.2. The number of aliphatic carboxylic acids is 1. The minimum absolute atomic E-state index is 0.184. The Kier molecular flexibility index (Phi) is 3.33. The van der Waals surface area contributed by atoms with Gasteiger partial charge in [0.1, 0.15) is 17.0 Å². The molecule has 3 rings (SSSR count). The predicted octanol–water partition coefficient (Wildman–Crippen LogP) is 2.46. The maximum atomic E-state index is 10.5. The number of carboxylic acids is 1. The molecule has 0 bridgehead atoms. The summed E-state index contributed by atoms with van der Waals surface area (Å²) in [6.07, 6.45) is 5.83. The van der Waals surface area contributed by atoms with Gasteiger partial charge in [-0.3, -0.25) is 4.79 Å². The first kappa shape index (κ1) is 12.3. The fourth-order valence-corrected chi connectivity index (χ4v) is 3.74. The highest BCUT2D eigenvalue weighted by atomic mass is 32.1. The number of hydrogen-bond acceptors (Lipinski definition) is 5. The fourth-order valence-electron chi connectivity index (χ4n) is 2.51. The fraction of sp³-hybridized carbons (Fsp3) is 0.462. The summed E-state index contributed by atoms with van der Waals surface area (Å²) in [5.74, 6) is 0.0980. The molecule has 0 aromatic carbocycles. The molecule has 2 aromatic rings. The zero-order chi connectivity index (χ0) is 13.2. The molecule has 0 amide bonds. The van der Waals surface area contributed by atoms with Gasteiger partial charge in [-0.2, -0.15) is 0 Å². The maximum absolute atomic E-state index is 10.5. The minimum atomic E-state index is -0.758. The lowest BCUT2D eigenvalue weighted by Gasteiger charge is -2.06. The van der Waals surface area contributed by atoms with Crippen molar-refractivity contribution in [3.05, 3.63) is 16.8 Å². The summed E-state index contributed by atoms with van der Waals surface area (Å²) in [4.78, 5) is 21.6. The number of carbonyl (C=O) groups is 1. The third kappa shape index (κ3) is 2.40. The molecule has 2 N–H and O–H groups in total. The Balaban J connectivity index is 1.81. The first-order chi connectivity index (χ1) is 9.25. The molecule has 0 fully saturated rings. The van der Waals surface area contributed by atoms with Gasteiger partial charge in [0, 0.05) is 17.8 Å². The molecule has 1 aliphatic carbocycles. The van der Waals surface area contributed by atoms with Crippen molar-refractivity contribution in [2.24, 2.45) is 0 Å². The van der Waals surface area contributed by atoms with E-state index in [9.17, 15) is 4.79 Å². The van der Waals surface area contributed by atoms with Crippen LogP contribution in [0.2, 0.25) is 0 Å². The summed E-state index contributed by atoms with van der Waals surface area (Å²) >= 11 is 1.76. The maximum Gasteiger partial charge on any atom is 0.303 e. The van der Waals surface area contributed by atoms with Gasteiger partial charge < -0.3 is 10.4 Å². The molecule has 100 valence electrons. The molecule has 0 radical (unpaired) electrons. The topological polar surface area (TPSA) is 75.1 Å². The predicted molar refractivity (Wildman–Crippen MR) is 74.8 cm³/mol. The van der Waals surface area contributed by atoms with Gasteiger partial charge in [0.15, 0.2) is 0 Å². The highest BCUT2D eigenvalue weighted by Crippen LogP contribution is 2.38. The van der Waals surface area contributed by atoms with Crippen LogP contribution in [-0.4, -0.2) is 27.6 Å². The number of aromatic nitrogens is 2. The number of anilines is 1. The SMILES string of the molecule is O=C(O)CCCNc1ncnc2sc3c(c12)CCC3. The van der Waals surface area contributed by atoms with Crippen LogP contribution in [0.15, 0.2) is 6.33 Å². The molecular formula is C13H15N3O2S. The number of hydrogen-bond donors (Lipinski definition) is 2. The number of rotatable bonds is 5. The summed E-state index contributed by atoms with van der Waals surface area (Å²) in [5, 5.41) is 13.0. The van der Waals surface area contributed by atoms with Gasteiger partial charge in [-0.05, 0) is 31.2 Å². The van der Waals surface area contributed by atoms with Crippen LogP contribution in [0.25, 0.3) is 10.2 Å². The van der Waals surface area contributed by atoms with Crippen molar-refractivity contribution in [1.29, 1.82) is 0 Å². The van der Waals surface area contributed by atoms with E-state index in [2.05, 4.69) is 15.3 Å². The van der Waals surface area contributed by atoms with E-state index in [4.69, 9.17) is 5.11 Å². The van der Waals surface area contributed by atoms with E-state index >= 15 is 0 Å². The van der Waals surface area contributed by atoms with Gasteiger partial charge in [-0.25, -0.2) is 9.97 Å². The van der Waals surface area contributed by atoms with Crippen LogP contribution >= 0.6 is 11.3 Å². The largest absolute Gasteiger partial charge is 0.481 e. The van der Waals surface area contributed by atoms with Gasteiger partial charge in [-0.1, -0.05) is 0 Å². The quantitative estimate of drug-likeness (QED) is 0.821. The summed E-state index contributed by atoms with van der Waals surface area (Å²) in [5.41, 5.74) is 1.39. The molecule has 6 heteroatoms. The van der Waals surface area contributed by atoms with Crippen LogP contribution in [0.3, 0.4) is 0 Å². The van der Waals surface area contributed by atoms with Crippen LogP contribution in [0.4, 0.5) is 5.82 Å². The second-order valence-corrected chi connectivity index (χ2v) is 5.77. The Morgan fingerprint density at radius 1 is 1.42 bits per heavy atom. The van der Waals surface area contributed by atoms with E-state index in [1.807, 2.05) is 0 Å². The van der Waals surface area contributed by atoms with Crippen molar-refractivity contribution in [1.82, 2.24) is 9.97 Å². The van der Waals surface area contributed by atoms with E-state index < -0.39 is 5.97 Å². The van der Waals surface area contributed by atoms with Crippen molar-refractivity contribution < 1.29 is 9.90 Å². The normalized spacial score (nSPS) is 13.7. The van der Waals surface area contributed by atoms with Crippen LogP contribution < -0.4 is 5.32 Å². The Morgan fingerprint density at radius 2 is 2.32 bits per heavy atom. The van der Waals surface area contributed by atoms with Gasteiger partial charge in [0.2, 0.25) is 0 Å². The first-order valence-corrected chi connectivity index (χ1v) is 7.28. The van der Waals surface area contributed by atoms with Crippen molar-refractivity contribution >= 4 is 33.3 Å². The number of thiophene rings is 1. The number of carboxylic acid groups (broad SMARTS) is 1. The van der Waals surface area contributed by atoms with E-state index in [-0.39, 0.29) is 6.42 Å². The third-order valence-electron chi connectivity index (χ3n) is 3.36. The van der Waals surface area contributed by atoms with Crippen LogP contribution in [0, 0.1) is 0 Å². The molecule has 5 nitrogen and oxygen atoms in total. The molecule has 0 spiro atoms. The molecule has 19 heavy (non-hydrogen) atoms. The molecule has 0 unspecified atom stereocenters. The van der Waals surface area contributed by atoms with E-state index in [0.29, 0.717) is 13.0 Å². The molecule has 1 aliphatic rings. The standard InChI is InChI=1S/C13H15N3O2S/c17-10(18)5-2-6-14-12-11-8-3-1-4-9(8)19-13(11)16-7-15-12/h7H,1-6H2,(H,17,18)(H,14,15,16). The molecule has 0 aliphatic heterocycles. The minimum Gasteiger partial charge on any atom is -0.481 e. The van der Waals surface area contributed by atoms with Gasteiger partial charge in [0.25, 0.3) is 0 Å². The summed E-state index contributed by atoms with van der Waals surface area (Å²) in [6, 6.07) is 0. The Hall–Kier alpha value is -1.69. The first-order valence-electron chi connectivity index (χ1n) is 6.46. The summed E-state index contributed by atoms with van der Waals surface area (Å²) < 4.78 is 0. The lowest BCUT2D eigenvalue weighted by Crippen LogP contribution is -2.06. The second-order valence-electron chi connectivity index (χ2n) is 4.68.